The second kappa shape index (κ2) is 7.55. The van der Waals surface area contributed by atoms with Gasteiger partial charge < -0.3 is 9.47 Å². The molecule has 0 aromatic heterocycles. The Morgan fingerprint density at radius 2 is 1.76 bits per heavy atom. The van der Waals surface area contributed by atoms with Crippen molar-refractivity contribution >= 4 is 5.97 Å². The van der Waals surface area contributed by atoms with Crippen molar-refractivity contribution in [2.24, 2.45) is 0 Å². The molecule has 1 unspecified atom stereocenters. The van der Waals surface area contributed by atoms with Crippen molar-refractivity contribution in [3.63, 3.8) is 0 Å². The van der Waals surface area contributed by atoms with Gasteiger partial charge in [-0.1, -0.05) is 12.1 Å². The smallest absolute Gasteiger partial charge is 0.395 e. The van der Waals surface area contributed by atoms with Crippen LogP contribution >= 0.6 is 0 Å². The van der Waals surface area contributed by atoms with Crippen LogP contribution in [0.15, 0.2) is 42.5 Å². The molecule has 0 aliphatic carbocycles. The Balaban J connectivity index is 2.13. The number of esters is 1. The van der Waals surface area contributed by atoms with Gasteiger partial charge in [-0.3, -0.25) is 0 Å². The second-order valence-electron chi connectivity index (χ2n) is 5.30. The minimum atomic E-state index is -4.34. The fraction of sp³-hybridized carbons (Fsp3) is 0.278. The first-order valence-electron chi connectivity index (χ1n) is 7.53. The summed E-state index contributed by atoms with van der Waals surface area (Å²) in [6.07, 6.45) is -4.34. The SMILES string of the molecule is CCOC(=O)c1ccc(Oc2ccc(C(C)C(F)(F)F)cc2)c(F)c1. The van der Waals surface area contributed by atoms with Gasteiger partial charge in [0.25, 0.3) is 0 Å². The van der Waals surface area contributed by atoms with E-state index in [2.05, 4.69) is 0 Å². The fourth-order valence-electron chi connectivity index (χ4n) is 2.07. The van der Waals surface area contributed by atoms with Crippen molar-refractivity contribution in [2.45, 2.75) is 25.9 Å². The molecule has 0 aliphatic rings. The van der Waals surface area contributed by atoms with Gasteiger partial charge in [-0.15, -0.1) is 0 Å². The number of alkyl halides is 3. The molecule has 25 heavy (non-hydrogen) atoms. The van der Waals surface area contributed by atoms with Crippen LogP contribution in [-0.2, 0) is 4.74 Å². The molecule has 0 saturated carbocycles. The Morgan fingerprint density at radius 1 is 1.12 bits per heavy atom. The maximum absolute atomic E-state index is 14.0. The summed E-state index contributed by atoms with van der Waals surface area (Å²) in [6, 6.07) is 8.79. The molecule has 2 aromatic rings. The first kappa shape index (κ1) is 18.8. The van der Waals surface area contributed by atoms with Crippen molar-refractivity contribution in [3.8, 4) is 11.5 Å². The topological polar surface area (TPSA) is 35.5 Å². The van der Waals surface area contributed by atoms with E-state index in [1.54, 1.807) is 6.92 Å². The zero-order chi connectivity index (χ0) is 18.6. The van der Waals surface area contributed by atoms with Crippen LogP contribution in [0.25, 0.3) is 0 Å². The van der Waals surface area contributed by atoms with Crippen LogP contribution in [0, 0.1) is 5.82 Å². The average molecular weight is 356 g/mol. The lowest BCUT2D eigenvalue weighted by Crippen LogP contribution is -2.17. The van der Waals surface area contributed by atoms with Crippen LogP contribution in [0.5, 0.6) is 11.5 Å². The maximum Gasteiger partial charge on any atom is 0.395 e. The molecule has 1 atom stereocenters. The van der Waals surface area contributed by atoms with Crippen LogP contribution in [0.3, 0.4) is 0 Å². The summed E-state index contributed by atoms with van der Waals surface area (Å²) in [5, 5.41) is 0. The predicted molar refractivity (Wildman–Crippen MR) is 83.3 cm³/mol. The third-order valence-corrected chi connectivity index (χ3v) is 3.54. The Bertz CT molecular complexity index is 739. The van der Waals surface area contributed by atoms with Crippen molar-refractivity contribution in [2.75, 3.05) is 6.61 Å². The molecule has 0 saturated heterocycles. The van der Waals surface area contributed by atoms with Gasteiger partial charge >= 0.3 is 12.1 Å². The molecule has 134 valence electrons. The highest BCUT2D eigenvalue weighted by atomic mass is 19.4. The number of rotatable bonds is 5. The predicted octanol–water partition coefficient (Wildman–Crippen LogP) is 5.46. The summed E-state index contributed by atoms with van der Waals surface area (Å²) in [5.74, 6) is -3.01. The van der Waals surface area contributed by atoms with E-state index in [-0.39, 0.29) is 29.2 Å². The van der Waals surface area contributed by atoms with Crippen LogP contribution < -0.4 is 4.74 Å². The molecule has 0 fully saturated rings. The molecular weight excluding hydrogens is 340 g/mol. The lowest BCUT2D eigenvalue weighted by Gasteiger charge is -2.16. The minimum Gasteiger partial charge on any atom is -0.462 e. The van der Waals surface area contributed by atoms with E-state index in [0.29, 0.717) is 0 Å². The summed E-state index contributed by atoms with van der Waals surface area (Å²) in [6.45, 7) is 2.86. The molecule has 0 aliphatic heterocycles. The average Bonchev–Trinajstić information content (AvgIpc) is 2.56. The molecule has 7 heteroatoms. The van der Waals surface area contributed by atoms with E-state index in [9.17, 15) is 22.4 Å². The van der Waals surface area contributed by atoms with Crippen LogP contribution in [-0.4, -0.2) is 18.8 Å². The van der Waals surface area contributed by atoms with E-state index in [4.69, 9.17) is 9.47 Å². The normalized spacial score (nSPS) is 12.6. The lowest BCUT2D eigenvalue weighted by molar-refractivity contribution is -0.146. The van der Waals surface area contributed by atoms with E-state index >= 15 is 0 Å². The van der Waals surface area contributed by atoms with Gasteiger partial charge in [0.2, 0.25) is 0 Å². The molecule has 0 heterocycles. The Morgan fingerprint density at radius 3 is 2.28 bits per heavy atom. The maximum atomic E-state index is 14.0. The first-order valence-corrected chi connectivity index (χ1v) is 7.53. The monoisotopic (exact) mass is 356 g/mol. The van der Waals surface area contributed by atoms with Gasteiger partial charge in [-0.25, -0.2) is 9.18 Å². The Labute approximate surface area is 142 Å². The van der Waals surface area contributed by atoms with Crippen LogP contribution in [0.1, 0.15) is 35.7 Å². The number of carbonyl (C=O) groups excluding carboxylic acids is 1. The zero-order valence-electron chi connectivity index (χ0n) is 13.6. The molecular formula is C18H16F4O3. The highest BCUT2D eigenvalue weighted by Crippen LogP contribution is 2.35. The minimum absolute atomic E-state index is 0.0426. The van der Waals surface area contributed by atoms with Crippen molar-refractivity contribution < 1.29 is 31.8 Å². The largest absolute Gasteiger partial charge is 0.462 e. The van der Waals surface area contributed by atoms with Gasteiger partial charge in [0.05, 0.1) is 18.1 Å². The highest BCUT2D eigenvalue weighted by molar-refractivity contribution is 5.89. The first-order chi connectivity index (χ1) is 11.7. The number of ether oxygens (including phenoxy) is 2. The van der Waals surface area contributed by atoms with Gasteiger partial charge in [-0.05, 0) is 49.7 Å². The van der Waals surface area contributed by atoms with Gasteiger partial charge in [0.1, 0.15) is 5.75 Å². The van der Waals surface area contributed by atoms with E-state index < -0.39 is 23.9 Å². The number of hydrogen-bond acceptors (Lipinski definition) is 3. The van der Waals surface area contributed by atoms with E-state index in [0.717, 1.165) is 13.0 Å². The number of hydrogen-bond donors (Lipinski definition) is 0. The fourth-order valence-corrected chi connectivity index (χ4v) is 2.07. The molecule has 2 rings (SSSR count). The molecule has 0 bridgehead atoms. The van der Waals surface area contributed by atoms with Gasteiger partial charge in [0.15, 0.2) is 11.6 Å². The molecule has 0 amide bonds. The Hall–Kier alpha value is -2.57. The molecule has 0 radical (unpaired) electrons. The van der Waals surface area contributed by atoms with Gasteiger partial charge in [0, 0.05) is 0 Å². The quantitative estimate of drug-likeness (QED) is 0.527. The molecule has 3 nitrogen and oxygen atoms in total. The molecule has 2 aromatic carbocycles. The Kier molecular flexibility index (Phi) is 5.66. The van der Waals surface area contributed by atoms with Crippen LogP contribution in [0.4, 0.5) is 17.6 Å². The standard InChI is InChI=1S/C18H16F4O3/c1-3-24-17(23)13-6-9-16(15(19)10-13)25-14-7-4-12(5-8-14)11(2)18(20,21)22/h4-11H,3H2,1-2H3. The molecule has 0 spiro atoms. The summed E-state index contributed by atoms with van der Waals surface area (Å²) < 4.78 is 62.1. The van der Waals surface area contributed by atoms with Crippen LogP contribution in [0.2, 0.25) is 0 Å². The number of benzene rings is 2. The highest BCUT2D eigenvalue weighted by Gasteiger charge is 2.36. The van der Waals surface area contributed by atoms with Crippen molar-refractivity contribution in [3.05, 3.63) is 59.4 Å². The molecule has 0 N–H and O–H groups in total. The summed E-state index contributed by atoms with van der Waals surface area (Å²) in [5.41, 5.74) is 0.124. The third kappa shape index (κ3) is 4.71. The zero-order valence-corrected chi connectivity index (χ0v) is 13.6. The van der Waals surface area contributed by atoms with Crippen molar-refractivity contribution in [1.29, 1.82) is 0 Å². The van der Waals surface area contributed by atoms with E-state index in [1.165, 1.54) is 36.4 Å². The summed E-state index contributed by atoms with van der Waals surface area (Å²) in [4.78, 5) is 11.5. The third-order valence-electron chi connectivity index (χ3n) is 3.54. The number of halogens is 4. The summed E-state index contributed by atoms with van der Waals surface area (Å²) >= 11 is 0. The number of carbonyl (C=O) groups is 1. The van der Waals surface area contributed by atoms with Crippen molar-refractivity contribution in [1.82, 2.24) is 0 Å². The second-order valence-corrected chi connectivity index (χ2v) is 5.30. The lowest BCUT2D eigenvalue weighted by atomic mass is 10.0. The summed E-state index contributed by atoms with van der Waals surface area (Å²) in [7, 11) is 0. The van der Waals surface area contributed by atoms with Gasteiger partial charge in [-0.2, -0.15) is 13.2 Å². The van der Waals surface area contributed by atoms with E-state index in [1.807, 2.05) is 0 Å².